The average molecular weight is 173 g/mol. The fraction of sp³-hybridized carbons (Fsp3) is 1.00. The lowest BCUT2D eigenvalue weighted by molar-refractivity contribution is 0.167. The Bertz CT molecular complexity index is 149. The summed E-state index contributed by atoms with van der Waals surface area (Å²) in [4.78, 5) is 0. The molecule has 0 bridgehead atoms. The van der Waals surface area contributed by atoms with Crippen LogP contribution in [0.1, 0.15) is 46.5 Å². The van der Waals surface area contributed by atoms with Crippen LogP contribution in [0.4, 0.5) is 4.39 Å². The van der Waals surface area contributed by atoms with E-state index >= 15 is 0 Å². The van der Waals surface area contributed by atoms with Crippen LogP contribution >= 0.6 is 0 Å². The molecule has 1 N–H and O–H groups in total. The highest BCUT2D eigenvalue weighted by molar-refractivity contribution is 5.05. The number of alkyl halides is 1. The summed E-state index contributed by atoms with van der Waals surface area (Å²) in [6.07, 6.45) is 3.63. The van der Waals surface area contributed by atoms with Gasteiger partial charge in [-0.3, -0.25) is 0 Å². The van der Waals surface area contributed by atoms with Crippen LogP contribution in [0.5, 0.6) is 0 Å². The molecule has 0 aromatic heterocycles. The van der Waals surface area contributed by atoms with Crippen LogP contribution in [0.2, 0.25) is 0 Å². The predicted molar refractivity (Wildman–Crippen MR) is 50.0 cm³/mol. The highest BCUT2D eigenvalue weighted by Gasteiger charge is 2.49. The summed E-state index contributed by atoms with van der Waals surface area (Å²) < 4.78 is 13.7. The Kier molecular flexibility index (Phi) is 3.10. The van der Waals surface area contributed by atoms with Gasteiger partial charge < -0.3 is 5.32 Å². The van der Waals surface area contributed by atoms with E-state index in [0.29, 0.717) is 6.04 Å². The molecule has 2 fully saturated rings. The monoisotopic (exact) mass is 173 g/mol. The lowest BCUT2D eigenvalue weighted by atomic mass is 9.99. The smallest absolute Gasteiger partial charge is 0.127 e. The molecular weight excluding hydrogens is 153 g/mol. The molecule has 1 saturated heterocycles. The van der Waals surface area contributed by atoms with Crippen LogP contribution < -0.4 is 5.32 Å². The first-order valence-corrected chi connectivity index (χ1v) is 5.16. The number of rotatable bonds is 0. The highest BCUT2D eigenvalue weighted by atomic mass is 19.1. The zero-order valence-corrected chi connectivity index (χ0v) is 8.36. The average Bonchev–Trinajstić information content (AvgIpc) is 2.46. The van der Waals surface area contributed by atoms with E-state index in [0.717, 1.165) is 25.7 Å². The van der Waals surface area contributed by atoms with Gasteiger partial charge in [-0.25, -0.2) is 4.39 Å². The lowest BCUT2D eigenvalue weighted by Gasteiger charge is -2.16. The molecule has 0 aromatic rings. The van der Waals surface area contributed by atoms with E-state index in [4.69, 9.17) is 0 Å². The maximum atomic E-state index is 13.7. The van der Waals surface area contributed by atoms with Crippen molar-refractivity contribution in [3.63, 3.8) is 0 Å². The molecule has 1 heterocycles. The van der Waals surface area contributed by atoms with Gasteiger partial charge in [0.05, 0.1) is 0 Å². The van der Waals surface area contributed by atoms with E-state index in [1.54, 1.807) is 0 Å². The second-order valence-electron chi connectivity index (χ2n) is 3.75. The molecule has 3 atom stereocenters. The molecule has 3 unspecified atom stereocenters. The first-order chi connectivity index (χ1) is 5.71. The third-order valence-electron chi connectivity index (χ3n) is 2.84. The summed E-state index contributed by atoms with van der Waals surface area (Å²) in [6.45, 7) is 6.07. The summed E-state index contributed by atoms with van der Waals surface area (Å²) in [5, 5.41) is 3.28. The standard InChI is InChI=1S/C8H14FN.C2H6/c1-6-5-8(9)4-2-3-7(8)10-6;1-2/h6-7,10H,2-5H2,1H3;1-2H3. The third-order valence-corrected chi connectivity index (χ3v) is 2.84. The van der Waals surface area contributed by atoms with E-state index in [1.807, 2.05) is 13.8 Å². The second kappa shape index (κ2) is 3.73. The number of hydrogen-bond acceptors (Lipinski definition) is 1. The largest absolute Gasteiger partial charge is 0.308 e. The van der Waals surface area contributed by atoms with Crippen molar-refractivity contribution < 1.29 is 4.39 Å². The topological polar surface area (TPSA) is 12.0 Å². The quantitative estimate of drug-likeness (QED) is 0.594. The zero-order chi connectivity index (χ0) is 9.19. The maximum absolute atomic E-state index is 13.7. The Morgan fingerprint density at radius 2 is 2.08 bits per heavy atom. The van der Waals surface area contributed by atoms with Gasteiger partial charge in [0.2, 0.25) is 0 Å². The number of fused-ring (bicyclic) bond motifs is 1. The van der Waals surface area contributed by atoms with E-state index in [9.17, 15) is 4.39 Å². The summed E-state index contributed by atoms with van der Waals surface area (Å²) in [6, 6.07) is 0.581. The number of hydrogen-bond donors (Lipinski definition) is 1. The molecule has 0 radical (unpaired) electrons. The number of nitrogens with one attached hydrogen (secondary N) is 1. The molecular formula is C10H20FN. The fourth-order valence-electron chi connectivity index (χ4n) is 2.42. The Labute approximate surface area is 74.7 Å². The van der Waals surface area contributed by atoms with Crippen LogP contribution in [0, 0.1) is 0 Å². The van der Waals surface area contributed by atoms with Gasteiger partial charge in [-0.1, -0.05) is 13.8 Å². The minimum absolute atomic E-state index is 0.183. The molecule has 0 spiro atoms. The van der Waals surface area contributed by atoms with E-state index in [1.165, 1.54) is 0 Å². The zero-order valence-electron chi connectivity index (χ0n) is 8.36. The number of halogens is 1. The van der Waals surface area contributed by atoms with Crippen LogP contribution in [0.25, 0.3) is 0 Å². The van der Waals surface area contributed by atoms with Gasteiger partial charge in [0, 0.05) is 12.1 Å². The molecule has 1 aliphatic heterocycles. The molecule has 0 amide bonds. The molecule has 0 aromatic carbocycles. The maximum Gasteiger partial charge on any atom is 0.127 e. The van der Waals surface area contributed by atoms with E-state index in [2.05, 4.69) is 12.2 Å². The fourth-order valence-corrected chi connectivity index (χ4v) is 2.42. The summed E-state index contributed by atoms with van der Waals surface area (Å²) in [5.41, 5.74) is -0.834. The van der Waals surface area contributed by atoms with E-state index in [-0.39, 0.29) is 6.04 Å². The summed E-state index contributed by atoms with van der Waals surface area (Å²) >= 11 is 0. The van der Waals surface area contributed by atoms with Gasteiger partial charge in [-0.05, 0) is 32.6 Å². The molecule has 1 aliphatic carbocycles. The highest BCUT2D eigenvalue weighted by Crippen LogP contribution is 2.41. The van der Waals surface area contributed by atoms with Crippen LogP contribution in [-0.4, -0.2) is 17.8 Å². The van der Waals surface area contributed by atoms with Gasteiger partial charge in [-0.15, -0.1) is 0 Å². The molecule has 1 saturated carbocycles. The normalized spacial score (nSPS) is 45.0. The molecule has 2 heteroatoms. The van der Waals surface area contributed by atoms with Crippen molar-refractivity contribution in [2.75, 3.05) is 0 Å². The van der Waals surface area contributed by atoms with Crippen LogP contribution in [0.15, 0.2) is 0 Å². The Balaban J connectivity index is 0.000000336. The summed E-state index contributed by atoms with van der Waals surface area (Å²) in [5.74, 6) is 0. The molecule has 2 aliphatic rings. The van der Waals surface area contributed by atoms with Gasteiger partial charge in [-0.2, -0.15) is 0 Å². The molecule has 1 nitrogen and oxygen atoms in total. The minimum atomic E-state index is -0.834. The van der Waals surface area contributed by atoms with Crippen molar-refractivity contribution >= 4 is 0 Å². The van der Waals surface area contributed by atoms with Gasteiger partial charge in [0.25, 0.3) is 0 Å². The first-order valence-electron chi connectivity index (χ1n) is 5.16. The minimum Gasteiger partial charge on any atom is -0.308 e. The van der Waals surface area contributed by atoms with Crippen molar-refractivity contribution in [3.05, 3.63) is 0 Å². The van der Waals surface area contributed by atoms with Crippen LogP contribution in [0.3, 0.4) is 0 Å². The first kappa shape index (κ1) is 9.97. The predicted octanol–water partition coefficient (Wildman–Crippen LogP) is 2.66. The van der Waals surface area contributed by atoms with Gasteiger partial charge >= 0.3 is 0 Å². The second-order valence-corrected chi connectivity index (χ2v) is 3.75. The van der Waals surface area contributed by atoms with Crippen molar-refractivity contribution in [1.29, 1.82) is 0 Å². The van der Waals surface area contributed by atoms with Crippen molar-refractivity contribution in [3.8, 4) is 0 Å². The van der Waals surface area contributed by atoms with Crippen molar-refractivity contribution in [2.45, 2.75) is 64.2 Å². The molecule has 2 rings (SSSR count). The van der Waals surface area contributed by atoms with Gasteiger partial charge in [0.1, 0.15) is 5.67 Å². The van der Waals surface area contributed by atoms with Gasteiger partial charge in [0.15, 0.2) is 0 Å². The molecule has 12 heavy (non-hydrogen) atoms. The Morgan fingerprint density at radius 1 is 1.42 bits per heavy atom. The van der Waals surface area contributed by atoms with Crippen molar-refractivity contribution in [1.82, 2.24) is 5.32 Å². The SMILES string of the molecule is CC.CC1CC2(F)CCCC2N1. The summed E-state index contributed by atoms with van der Waals surface area (Å²) in [7, 11) is 0. The third kappa shape index (κ3) is 1.63. The molecule has 72 valence electrons. The Hall–Kier alpha value is -0.110. The van der Waals surface area contributed by atoms with Crippen LogP contribution in [-0.2, 0) is 0 Å². The lowest BCUT2D eigenvalue weighted by Crippen LogP contribution is -2.33. The van der Waals surface area contributed by atoms with Crippen molar-refractivity contribution in [2.24, 2.45) is 0 Å². The van der Waals surface area contributed by atoms with E-state index < -0.39 is 5.67 Å². The Morgan fingerprint density at radius 3 is 2.67 bits per heavy atom.